The first-order valence-electron chi connectivity index (χ1n) is 4.33. The van der Waals surface area contributed by atoms with E-state index >= 15 is 0 Å². The Bertz CT molecular complexity index is 502. The predicted octanol–water partition coefficient (Wildman–Crippen LogP) is 3.09. The number of hydrogen-bond acceptors (Lipinski definition) is 3. The standard InChI is InChI=1S/C10H7N5/c11-15-14-10-6-9(12-7-13-10)8-4-2-1-3-5-8/h1-7H. The van der Waals surface area contributed by atoms with E-state index in [0.717, 1.165) is 11.3 Å². The van der Waals surface area contributed by atoms with Crippen LogP contribution in [0, 0.1) is 0 Å². The first-order chi connectivity index (χ1) is 7.40. The zero-order valence-electron chi connectivity index (χ0n) is 7.78. The molecule has 0 aliphatic rings. The van der Waals surface area contributed by atoms with Crippen molar-refractivity contribution in [1.29, 1.82) is 0 Å². The van der Waals surface area contributed by atoms with Gasteiger partial charge in [0.1, 0.15) is 12.1 Å². The van der Waals surface area contributed by atoms with E-state index in [1.165, 1.54) is 6.33 Å². The molecule has 0 radical (unpaired) electrons. The lowest BCUT2D eigenvalue weighted by atomic mass is 10.1. The topological polar surface area (TPSA) is 74.5 Å². The molecule has 72 valence electrons. The lowest BCUT2D eigenvalue weighted by molar-refractivity contribution is 1.15. The van der Waals surface area contributed by atoms with Crippen molar-refractivity contribution in [1.82, 2.24) is 9.97 Å². The van der Waals surface area contributed by atoms with Crippen molar-refractivity contribution < 1.29 is 0 Å². The summed E-state index contributed by atoms with van der Waals surface area (Å²) in [5.74, 6) is 0.325. The molecule has 0 aliphatic carbocycles. The van der Waals surface area contributed by atoms with Crippen LogP contribution in [0.1, 0.15) is 0 Å². The van der Waals surface area contributed by atoms with Gasteiger partial charge in [-0.25, -0.2) is 9.97 Å². The monoisotopic (exact) mass is 197 g/mol. The molecule has 0 amide bonds. The average Bonchev–Trinajstić information content (AvgIpc) is 2.31. The summed E-state index contributed by atoms with van der Waals surface area (Å²) < 4.78 is 0. The minimum absolute atomic E-state index is 0.325. The Balaban J connectivity index is 2.46. The highest BCUT2D eigenvalue weighted by atomic mass is 15.2. The van der Waals surface area contributed by atoms with Gasteiger partial charge < -0.3 is 0 Å². The molecular weight excluding hydrogens is 190 g/mol. The van der Waals surface area contributed by atoms with Crippen LogP contribution in [0.2, 0.25) is 0 Å². The van der Waals surface area contributed by atoms with E-state index in [0.29, 0.717) is 5.82 Å². The highest BCUT2D eigenvalue weighted by molar-refractivity contribution is 5.60. The minimum atomic E-state index is 0.325. The summed E-state index contributed by atoms with van der Waals surface area (Å²) in [5, 5.41) is 3.42. The molecule has 2 aromatic rings. The molecule has 15 heavy (non-hydrogen) atoms. The number of azide groups is 1. The number of nitrogens with zero attached hydrogens (tertiary/aromatic N) is 5. The molecule has 5 heteroatoms. The van der Waals surface area contributed by atoms with Gasteiger partial charge in [0.25, 0.3) is 0 Å². The van der Waals surface area contributed by atoms with Crippen molar-refractivity contribution in [2.75, 3.05) is 0 Å². The molecule has 0 fully saturated rings. The van der Waals surface area contributed by atoms with Crippen molar-refractivity contribution >= 4 is 5.82 Å². The molecule has 5 nitrogen and oxygen atoms in total. The maximum absolute atomic E-state index is 8.28. The third-order valence-electron chi connectivity index (χ3n) is 1.87. The van der Waals surface area contributed by atoms with E-state index in [4.69, 9.17) is 5.53 Å². The first-order valence-corrected chi connectivity index (χ1v) is 4.33. The molecule has 0 spiro atoms. The van der Waals surface area contributed by atoms with Gasteiger partial charge in [0.05, 0.1) is 5.69 Å². The summed E-state index contributed by atoms with van der Waals surface area (Å²) in [6.45, 7) is 0. The number of rotatable bonds is 2. The van der Waals surface area contributed by atoms with Crippen LogP contribution in [0.15, 0.2) is 47.8 Å². The SMILES string of the molecule is [N-]=[N+]=Nc1cc(-c2ccccc2)ncn1. The van der Waals surface area contributed by atoms with Gasteiger partial charge in [-0.3, -0.25) is 0 Å². The molecule has 0 bridgehead atoms. The van der Waals surface area contributed by atoms with Crippen molar-refractivity contribution in [3.05, 3.63) is 53.2 Å². The largest absolute Gasteiger partial charge is 0.236 e. The lowest BCUT2D eigenvalue weighted by Crippen LogP contribution is -1.83. The predicted molar refractivity (Wildman–Crippen MR) is 56.3 cm³/mol. The molecule has 0 atom stereocenters. The molecule has 2 rings (SSSR count). The summed E-state index contributed by atoms with van der Waals surface area (Å²) in [4.78, 5) is 10.6. The van der Waals surface area contributed by atoms with Crippen molar-refractivity contribution in [3.63, 3.8) is 0 Å². The third-order valence-corrected chi connectivity index (χ3v) is 1.87. The number of benzene rings is 1. The van der Waals surface area contributed by atoms with E-state index < -0.39 is 0 Å². The van der Waals surface area contributed by atoms with Crippen LogP contribution in [0.25, 0.3) is 21.7 Å². The smallest absolute Gasteiger partial charge is 0.130 e. The Labute approximate surface area is 86.1 Å². The van der Waals surface area contributed by atoms with Gasteiger partial charge in [0.15, 0.2) is 0 Å². The van der Waals surface area contributed by atoms with E-state index in [1.54, 1.807) is 6.07 Å². The van der Waals surface area contributed by atoms with Gasteiger partial charge in [0.2, 0.25) is 0 Å². The second-order valence-corrected chi connectivity index (χ2v) is 2.82. The van der Waals surface area contributed by atoms with Crippen LogP contribution in [0.5, 0.6) is 0 Å². The van der Waals surface area contributed by atoms with Gasteiger partial charge in [-0.2, -0.15) is 0 Å². The van der Waals surface area contributed by atoms with Crippen LogP contribution >= 0.6 is 0 Å². The zero-order chi connectivity index (χ0) is 10.5. The van der Waals surface area contributed by atoms with Crippen LogP contribution < -0.4 is 0 Å². The maximum Gasteiger partial charge on any atom is 0.130 e. The lowest BCUT2D eigenvalue weighted by Gasteiger charge is -1.99. The van der Waals surface area contributed by atoms with Crippen molar-refractivity contribution in [2.45, 2.75) is 0 Å². The third kappa shape index (κ3) is 2.10. The minimum Gasteiger partial charge on any atom is -0.236 e. The van der Waals surface area contributed by atoms with Crippen LogP contribution in [0.4, 0.5) is 5.82 Å². The molecule has 0 unspecified atom stereocenters. The van der Waals surface area contributed by atoms with Crippen molar-refractivity contribution in [3.8, 4) is 11.3 Å². The number of aromatic nitrogens is 2. The quantitative estimate of drug-likeness (QED) is 0.421. The molecule has 1 aromatic heterocycles. The fourth-order valence-corrected chi connectivity index (χ4v) is 1.21. The molecule has 1 heterocycles. The fourth-order valence-electron chi connectivity index (χ4n) is 1.21. The summed E-state index contributed by atoms with van der Waals surface area (Å²) in [6.07, 6.45) is 1.38. The summed E-state index contributed by atoms with van der Waals surface area (Å²) in [6, 6.07) is 11.3. The second-order valence-electron chi connectivity index (χ2n) is 2.82. The van der Waals surface area contributed by atoms with Crippen molar-refractivity contribution in [2.24, 2.45) is 5.11 Å². The summed E-state index contributed by atoms with van der Waals surface area (Å²) in [5.41, 5.74) is 9.99. The highest BCUT2D eigenvalue weighted by Gasteiger charge is 1.99. The molecule has 0 aliphatic heterocycles. The normalized spacial score (nSPS) is 9.33. The Morgan fingerprint density at radius 1 is 1.13 bits per heavy atom. The van der Waals surface area contributed by atoms with Gasteiger partial charge in [-0.15, -0.1) is 0 Å². The van der Waals surface area contributed by atoms with E-state index in [1.807, 2.05) is 30.3 Å². The molecule has 0 saturated carbocycles. The average molecular weight is 197 g/mol. The van der Waals surface area contributed by atoms with Gasteiger partial charge >= 0.3 is 0 Å². The van der Waals surface area contributed by atoms with Crippen LogP contribution in [-0.2, 0) is 0 Å². The number of hydrogen-bond donors (Lipinski definition) is 0. The summed E-state index contributed by atoms with van der Waals surface area (Å²) in [7, 11) is 0. The van der Waals surface area contributed by atoms with E-state index in [2.05, 4.69) is 20.0 Å². The second kappa shape index (κ2) is 4.21. The first kappa shape index (κ1) is 9.18. The molecule has 0 N–H and O–H groups in total. The van der Waals surface area contributed by atoms with E-state index in [-0.39, 0.29) is 0 Å². The van der Waals surface area contributed by atoms with Gasteiger partial charge in [-0.05, 0) is 16.7 Å². The molecule has 1 aromatic carbocycles. The van der Waals surface area contributed by atoms with Crippen LogP contribution in [0.3, 0.4) is 0 Å². The van der Waals surface area contributed by atoms with Crippen LogP contribution in [-0.4, -0.2) is 9.97 Å². The fraction of sp³-hybridized carbons (Fsp3) is 0. The van der Waals surface area contributed by atoms with Gasteiger partial charge in [-0.1, -0.05) is 30.3 Å². The molecular formula is C10H7N5. The highest BCUT2D eigenvalue weighted by Crippen LogP contribution is 2.19. The Kier molecular flexibility index (Phi) is 2.58. The Hall–Kier alpha value is -2.39. The summed E-state index contributed by atoms with van der Waals surface area (Å²) >= 11 is 0. The Morgan fingerprint density at radius 3 is 2.67 bits per heavy atom. The maximum atomic E-state index is 8.28. The molecule has 0 saturated heterocycles. The zero-order valence-corrected chi connectivity index (χ0v) is 7.78. The Morgan fingerprint density at radius 2 is 1.93 bits per heavy atom. The van der Waals surface area contributed by atoms with Gasteiger partial charge in [0, 0.05) is 10.5 Å². The van der Waals surface area contributed by atoms with E-state index in [9.17, 15) is 0 Å².